The molecule has 0 aromatic carbocycles. The van der Waals surface area contributed by atoms with Crippen molar-refractivity contribution in [1.82, 2.24) is 9.78 Å². The van der Waals surface area contributed by atoms with Crippen molar-refractivity contribution < 1.29 is 0 Å². The quantitative estimate of drug-likeness (QED) is 0.862. The van der Waals surface area contributed by atoms with Gasteiger partial charge in [0, 0.05) is 6.04 Å². The Balaban J connectivity index is 2.20. The van der Waals surface area contributed by atoms with Crippen LogP contribution >= 0.6 is 15.9 Å². The fourth-order valence-electron chi connectivity index (χ4n) is 2.75. The van der Waals surface area contributed by atoms with Crippen LogP contribution in [0.5, 0.6) is 0 Å². The second-order valence-electron chi connectivity index (χ2n) is 5.56. The highest BCUT2D eigenvalue weighted by Crippen LogP contribution is 2.32. The predicted molar refractivity (Wildman–Crippen MR) is 84.6 cm³/mol. The maximum atomic E-state index is 12.1. The molecule has 0 aliphatic heterocycles. The van der Waals surface area contributed by atoms with Crippen molar-refractivity contribution in [3.8, 4) is 12.3 Å². The molecule has 1 heterocycles. The van der Waals surface area contributed by atoms with Crippen LogP contribution < -0.4 is 10.9 Å². The number of anilines is 1. The molecule has 0 saturated heterocycles. The molecule has 1 aliphatic rings. The number of halogens is 1. The number of aromatic nitrogens is 2. The molecule has 1 N–H and O–H groups in total. The van der Waals surface area contributed by atoms with E-state index in [0.29, 0.717) is 22.4 Å². The van der Waals surface area contributed by atoms with Crippen molar-refractivity contribution in [3.63, 3.8) is 0 Å². The number of nitrogens with zero attached hydrogens (tertiary/aromatic N) is 2. The lowest BCUT2D eigenvalue weighted by atomic mass is 9.78. The standard InChI is InChI=1S/C15H20BrN3O/c1-4-8-19-15(20)14(16)13(9-17-19)18-12-7-5-6-10(2)11(12)3/h1,9-12,18H,5-8H2,2-3H3. The third kappa shape index (κ3) is 3.06. The fraction of sp³-hybridized carbons (Fsp3) is 0.600. The molecule has 5 heteroatoms. The van der Waals surface area contributed by atoms with Crippen LogP contribution in [-0.2, 0) is 6.54 Å². The molecule has 0 spiro atoms. The molecule has 20 heavy (non-hydrogen) atoms. The van der Waals surface area contributed by atoms with Gasteiger partial charge in [-0.05, 0) is 34.2 Å². The SMILES string of the molecule is C#CCn1ncc(NC2CCCC(C)C2C)c(Br)c1=O. The summed E-state index contributed by atoms with van der Waals surface area (Å²) in [6, 6.07) is 0.389. The van der Waals surface area contributed by atoms with Crippen LogP contribution in [0.2, 0.25) is 0 Å². The van der Waals surface area contributed by atoms with E-state index in [1.54, 1.807) is 6.20 Å². The maximum Gasteiger partial charge on any atom is 0.284 e. The van der Waals surface area contributed by atoms with Gasteiger partial charge in [0.1, 0.15) is 11.0 Å². The zero-order valence-electron chi connectivity index (χ0n) is 11.9. The molecular weight excluding hydrogens is 318 g/mol. The van der Waals surface area contributed by atoms with E-state index >= 15 is 0 Å². The zero-order valence-corrected chi connectivity index (χ0v) is 13.5. The number of terminal acetylenes is 1. The normalized spacial score (nSPS) is 26.0. The second kappa shape index (κ2) is 6.45. The molecular formula is C15H20BrN3O. The van der Waals surface area contributed by atoms with Crippen molar-refractivity contribution in [1.29, 1.82) is 0 Å². The Bertz CT molecular complexity index is 575. The Labute approximate surface area is 128 Å². The van der Waals surface area contributed by atoms with Crippen LogP contribution in [0, 0.1) is 24.2 Å². The first-order valence-corrected chi connectivity index (χ1v) is 7.79. The number of rotatable bonds is 3. The van der Waals surface area contributed by atoms with Gasteiger partial charge in [-0.3, -0.25) is 4.79 Å². The maximum absolute atomic E-state index is 12.1. The van der Waals surface area contributed by atoms with E-state index in [-0.39, 0.29) is 12.1 Å². The predicted octanol–water partition coefficient (Wildman–Crippen LogP) is 2.88. The Morgan fingerprint density at radius 3 is 3.00 bits per heavy atom. The van der Waals surface area contributed by atoms with Gasteiger partial charge in [-0.2, -0.15) is 5.10 Å². The third-order valence-electron chi connectivity index (χ3n) is 4.27. The molecule has 2 rings (SSSR count). The van der Waals surface area contributed by atoms with Gasteiger partial charge in [-0.1, -0.05) is 32.6 Å². The second-order valence-corrected chi connectivity index (χ2v) is 6.35. The van der Waals surface area contributed by atoms with Gasteiger partial charge < -0.3 is 5.32 Å². The van der Waals surface area contributed by atoms with Crippen molar-refractivity contribution in [2.24, 2.45) is 11.8 Å². The van der Waals surface area contributed by atoms with Crippen LogP contribution in [0.15, 0.2) is 15.5 Å². The Kier molecular flexibility index (Phi) is 4.87. The average Bonchev–Trinajstić information content (AvgIpc) is 2.43. The van der Waals surface area contributed by atoms with Crippen LogP contribution in [0.1, 0.15) is 33.1 Å². The van der Waals surface area contributed by atoms with E-state index in [0.717, 1.165) is 12.1 Å². The van der Waals surface area contributed by atoms with Crippen LogP contribution in [-0.4, -0.2) is 15.8 Å². The first-order valence-electron chi connectivity index (χ1n) is 7.00. The monoisotopic (exact) mass is 337 g/mol. The summed E-state index contributed by atoms with van der Waals surface area (Å²) >= 11 is 3.36. The first kappa shape index (κ1) is 15.1. The Morgan fingerprint density at radius 1 is 1.55 bits per heavy atom. The Hall–Kier alpha value is -1.28. The minimum absolute atomic E-state index is 0.189. The van der Waals surface area contributed by atoms with Gasteiger partial charge in [0.2, 0.25) is 0 Å². The van der Waals surface area contributed by atoms with Gasteiger partial charge in [-0.25, -0.2) is 4.68 Å². The number of hydrogen-bond donors (Lipinski definition) is 1. The first-order chi connectivity index (χ1) is 9.54. The summed E-state index contributed by atoms with van der Waals surface area (Å²) in [5.41, 5.74) is 0.568. The average molecular weight is 338 g/mol. The minimum Gasteiger partial charge on any atom is -0.380 e. The van der Waals surface area contributed by atoms with Gasteiger partial charge in [-0.15, -0.1) is 6.42 Å². The van der Waals surface area contributed by atoms with Gasteiger partial charge >= 0.3 is 0 Å². The van der Waals surface area contributed by atoms with Crippen molar-refractivity contribution in [3.05, 3.63) is 21.0 Å². The summed E-state index contributed by atoms with van der Waals surface area (Å²) < 4.78 is 1.79. The van der Waals surface area contributed by atoms with Crippen molar-refractivity contribution in [2.75, 3.05) is 5.32 Å². The Morgan fingerprint density at radius 2 is 2.30 bits per heavy atom. The van der Waals surface area contributed by atoms with E-state index in [4.69, 9.17) is 6.42 Å². The highest BCUT2D eigenvalue weighted by molar-refractivity contribution is 9.10. The molecule has 4 nitrogen and oxygen atoms in total. The van der Waals surface area contributed by atoms with Gasteiger partial charge in [0.25, 0.3) is 5.56 Å². The molecule has 0 amide bonds. The molecule has 1 aliphatic carbocycles. The summed E-state index contributed by atoms with van der Waals surface area (Å²) in [7, 11) is 0. The zero-order chi connectivity index (χ0) is 14.7. The smallest absolute Gasteiger partial charge is 0.284 e. The lowest BCUT2D eigenvalue weighted by Crippen LogP contribution is -2.36. The molecule has 1 aromatic heterocycles. The highest BCUT2D eigenvalue weighted by Gasteiger charge is 2.27. The third-order valence-corrected chi connectivity index (χ3v) is 5.04. The van der Waals surface area contributed by atoms with E-state index in [1.807, 2.05) is 0 Å². The summed E-state index contributed by atoms with van der Waals surface area (Å²) in [5, 5.41) is 7.57. The van der Waals surface area contributed by atoms with E-state index in [1.165, 1.54) is 17.5 Å². The number of nitrogens with one attached hydrogen (secondary N) is 1. The molecule has 0 bridgehead atoms. The molecule has 108 valence electrons. The molecule has 0 radical (unpaired) electrons. The summed E-state index contributed by atoms with van der Waals surface area (Å²) in [6.07, 6.45) is 10.5. The summed E-state index contributed by atoms with van der Waals surface area (Å²) in [6.45, 7) is 4.74. The lowest BCUT2D eigenvalue weighted by Gasteiger charge is -2.35. The molecule has 3 atom stereocenters. The van der Waals surface area contributed by atoms with Crippen molar-refractivity contribution >= 4 is 21.6 Å². The molecule has 1 aromatic rings. The number of hydrogen-bond acceptors (Lipinski definition) is 3. The minimum atomic E-state index is -0.190. The largest absolute Gasteiger partial charge is 0.380 e. The molecule has 1 saturated carbocycles. The van der Waals surface area contributed by atoms with Crippen LogP contribution in [0.4, 0.5) is 5.69 Å². The van der Waals surface area contributed by atoms with Gasteiger partial charge in [0.15, 0.2) is 0 Å². The van der Waals surface area contributed by atoms with E-state index in [2.05, 4.69) is 46.1 Å². The fourth-order valence-corrected chi connectivity index (χ4v) is 3.17. The summed E-state index contributed by atoms with van der Waals surface area (Å²) in [4.78, 5) is 12.1. The van der Waals surface area contributed by atoms with Crippen molar-refractivity contribution in [2.45, 2.75) is 45.7 Å². The lowest BCUT2D eigenvalue weighted by molar-refractivity contribution is 0.253. The van der Waals surface area contributed by atoms with Crippen LogP contribution in [0.3, 0.4) is 0 Å². The molecule has 3 unspecified atom stereocenters. The van der Waals surface area contributed by atoms with E-state index in [9.17, 15) is 4.79 Å². The topological polar surface area (TPSA) is 46.9 Å². The van der Waals surface area contributed by atoms with Gasteiger partial charge in [0.05, 0.1) is 11.9 Å². The summed E-state index contributed by atoms with van der Waals surface area (Å²) in [5.74, 6) is 3.72. The highest BCUT2D eigenvalue weighted by atomic mass is 79.9. The van der Waals surface area contributed by atoms with E-state index < -0.39 is 0 Å². The molecule has 1 fully saturated rings. The van der Waals surface area contributed by atoms with Crippen LogP contribution in [0.25, 0.3) is 0 Å².